The number of hydrogen-bond acceptors (Lipinski definition) is 5. The minimum absolute atomic E-state index is 0.0348. The summed E-state index contributed by atoms with van der Waals surface area (Å²) < 4.78 is 39.6. The molecule has 1 unspecified atom stereocenters. The highest BCUT2D eigenvalue weighted by molar-refractivity contribution is 7.89. The molecule has 1 amide bonds. The van der Waals surface area contributed by atoms with E-state index in [2.05, 4.69) is 5.32 Å². The number of sulfonamides is 1. The smallest absolute Gasteiger partial charge is 0.252 e. The molecule has 0 aliphatic carbocycles. The van der Waals surface area contributed by atoms with Crippen LogP contribution in [-0.2, 0) is 23.0 Å². The summed E-state index contributed by atoms with van der Waals surface area (Å²) in [5.74, 6) is 0.794. The Bertz CT molecular complexity index is 1340. The average Bonchev–Trinajstić information content (AvgIpc) is 2.87. The standard InChI is InChI=1S/C25H23ClN2O5S/c26-22-10-9-20(34(30,31)28-12-11-17-5-1-2-6-18(17)15-28)13-21(22)25(29)27-14-19-16-32-23-7-3-4-8-24(23)33-19/h1-10,13,19H,11-12,14-16H2,(H,27,29). The maximum absolute atomic E-state index is 13.3. The first kappa shape index (κ1) is 22.7. The van der Waals surface area contributed by atoms with Gasteiger partial charge in [0.1, 0.15) is 12.7 Å². The molecule has 0 saturated heterocycles. The molecule has 9 heteroatoms. The molecule has 3 aromatic rings. The fourth-order valence-electron chi connectivity index (χ4n) is 4.13. The second-order valence-electron chi connectivity index (χ2n) is 8.21. The Morgan fingerprint density at radius 3 is 2.59 bits per heavy atom. The zero-order chi connectivity index (χ0) is 23.7. The first-order chi connectivity index (χ1) is 16.4. The maximum Gasteiger partial charge on any atom is 0.252 e. The van der Waals surface area contributed by atoms with Gasteiger partial charge in [-0.2, -0.15) is 4.31 Å². The number of ether oxygens (including phenoxy) is 2. The van der Waals surface area contributed by atoms with E-state index in [0.717, 1.165) is 11.1 Å². The monoisotopic (exact) mass is 498 g/mol. The molecule has 2 aliphatic heterocycles. The van der Waals surface area contributed by atoms with E-state index in [1.54, 1.807) is 6.07 Å². The first-order valence-corrected chi connectivity index (χ1v) is 12.8. The number of halogens is 1. The number of carbonyl (C=O) groups is 1. The quantitative estimate of drug-likeness (QED) is 0.580. The van der Waals surface area contributed by atoms with Crippen molar-refractivity contribution >= 4 is 27.5 Å². The molecule has 2 heterocycles. The predicted octanol–water partition coefficient (Wildman–Crippen LogP) is 3.66. The number of hydrogen-bond donors (Lipinski definition) is 1. The Morgan fingerprint density at radius 1 is 1.03 bits per heavy atom. The number of para-hydroxylation sites is 2. The summed E-state index contributed by atoms with van der Waals surface area (Å²) in [6.07, 6.45) is 0.265. The molecule has 0 bridgehead atoms. The number of nitrogens with zero attached hydrogens (tertiary/aromatic N) is 1. The van der Waals surface area contributed by atoms with Gasteiger partial charge in [-0.3, -0.25) is 4.79 Å². The van der Waals surface area contributed by atoms with Gasteiger partial charge >= 0.3 is 0 Å². The Morgan fingerprint density at radius 2 is 1.76 bits per heavy atom. The van der Waals surface area contributed by atoms with Gasteiger partial charge in [-0.25, -0.2) is 8.42 Å². The summed E-state index contributed by atoms with van der Waals surface area (Å²) in [5.41, 5.74) is 2.24. The van der Waals surface area contributed by atoms with Gasteiger partial charge in [-0.05, 0) is 47.9 Å². The largest absolute Gasteiger partial charge is 0.486 e. The molecule has 2 aliphatic rings. The van der Waals surface area contributed by atoms with Gasteiger partial charge < -0.3 is 14.8 Å². The van der Waals surface area contributed by atoms with Gasteiger partial charge in [-0.15, -0.1) is 0 Å². The van der Waals surface area contributed by atoms with E-state index in [1.165, 1.54) is 22.5 Å². The Hall–Kier alpha value is -3.07. The lowest BCUT2D eigenvalue weighted by Gasteiger charge is -2.28. The van der Waals surface area contributed by atoms with Crippen LogP contribution < -0.4 is 14.8 Å². The first-order valence-electron chi connectivity index (χ1n) is 10.9. The van der Waals surface area contributed by atoms with Crippen molar-refractivity contribution in [3.8, 4) is 11.5 Å². The van der Waals surface area contributed by atoms with Gasteiger partial charge in [0.2, 0.25) is 10.0 Å². The molecule has 0 fully saturated rings. The summed E-state index contributed by atoms with van der Waals surface area (Å²) in [6, 6.07) is 19.3. The summed E-state index contributed by atoms with van der Waals surface area (Å²) in [6.45, 7) is 1.15. The number of rotatable bonds is 5. The molecule has 5 rings (SSSR count). The number of carbonyl (C=O) groups excluding carboxylic acids is 1. The average molecular weight is 499 g/mol. The van der Waals surface area contributed by atoms with Gasteiger partial charge in [0.05, 0.1) is 22.0 Å². The fourth-order valence-corrected chi connectivity index (χ4v) is 5.78. The molecule has 1 N–H and O–H groups in total. The van der Waals surface area contributed by atoms with Crippen LogP contribution in [0.1, 0.15) is 21.5 Å². The molecule has 0 spiro atoms. The summed E-state index contributed by atoms with van der Waals surface area (Å²) >= 11 is 6.26. The van der Waals surface area contributed by atoms with E-state index in [1.807, 2.05) is 42.5 Å². The predicted molar refractivity (Wildman–Crippen MR) is 128 cm³/mol. The van der Waals surface area contributed by atoms with E-state index in [9.17, 15) is 13.2 Å². The van der Waals surface area contributed by atoms with Crippen LogP contribution in [0.5, 0.6) is 11.5 Å². The Labute approximate surface area is 203 Å². The zero-order valence-corrected chi connectivity index (χ0v) is 19.8. The normalized spacial score (nSPS) is 17.6. The zero-order valence-electron chi connectivity index (χ0n) is 18.2. The van der Waals surface area contributed by atoms with E-state index < -0.39 is 15.9 Å². The molecule has 0 saturated carbocycles. The minimum Gasteiger partial charge on any atom is -0.486 e. The van der Waals surface area contributed by atoms with Gasteiger partial charge in [0.25, 0.3) is 5.91 Å². The highest BCUT2D eigenvalue weighted by atomic mass is 35.5. The molecule has 1 atom stereocenters. The van der Waals surface area contributed by atoms with Crippen molar-refractivity contribution in [2.75, 3.05) is 19.7 Å². The van der Waals surface area contributed by atoms with Crippen molar-refractivity contribution in [3.63, 3.8) is 0 Å². The fraction of sp³-hybridized carbons (Fsp3) is 0.240. The van der Waals surface area contributed by atoms with Crippen molar-refractivity contribution in [1.29, 1.82) is 0 Å². The lowest BCUT2D eigenvalue weighted by molar-refractivity contribution is 0.0789. The van der Waals surface area contributed by atoms with E-state index >= 15 is 0 Å². The van der Waals surface area contributed by atoms with E-state index in [4.69, 9.17) is 21.1 Å². The van der Waals surface area contributed by atoms with Crippen LogP contribution in [0.3, 0.4) is 0 Å². The summed E-state index contributed by atoms with van der Waals surface area (Å²) in [4.78, 5) is 12.9. The summed E-state index contributed by atoms with van der Waals surface area (Å²) in [5, 5.41) is 2.95. The van der Waals surface area contributed by atoms with Crippen LogP contribution in [0, 0.1) is 0 Å². The second kappa shape index (κ2) is 9.29. The lowest BCUT2D eigenvalue weighted by atomic mass is 10.0. The SMILES string of the molecule is O=C(NCC1COc2ccccc2O1)c1cc(S(=O)(=O)N2CCc3ccccc3C2)ccc1Cl. The highest BCUT2D eigenvalue weighted by Gasteiger charge is 2.29. The topological polar surface area (TPSA) is 84.9 Å². The molecule has 0 radical (unpaired) electrons. The number of nitrogens with one attached hydrogen (secondary N) is 1. The third-order valence-corrected chi connectivity index (χ3v) is 8.14. The molecule has 3 aromatic carbocycles. The van der Waals surface area contributed by atoms with Crippen LogP contribution in [0.2, 0.25) is 5.02 Å². The molecule has 176 valence electrons. The molecular weight excluding hydrogens is 476 g/mol. The van der Waals surface area contributed by atoms with E-state index in [0.29, 0.717) is 31.0 Å². The van der Waals surface area contributed by atoms with Crippen molar-refractivity contribution < 1.29 is 22.7 Å². The molecule has 7 nitrogen and oxygen atoms in total. The van der Waals surface area contributed by atoms with E-state index in [-0.39, 0.29) is 34.7 Å². The van der Waals surface area contributed by atoms with Gasteiger partial charge in [0, 0.05) is 13.1 Å². The highest BCUT2D eigenvalue weighted by Crippen LogP contribution is 2.31. The van der Waals surface area contributed by atoms with Gasteiger partial charge in [0.15, 0.2) is 11.5 Å². The minimum atomic E-state index is -3.80. The molecule has 34 heavy (non-hydrogen) atoms. The van der Waals surface area contributed by atoms with Crippen LogP contribution in [0.25, 0.3) is 0 Å². The summed E-state index contributed by atoms with van der Waals surface area (Å²) in [7, 11) is -3.80. The van der Waals surface area contributed by atoms with Crippen molar-refractivity contribution in [3.05, 3.63) is 88.4 Å². The van der Waals surface area contributed by atoms with Crippen LogP contribution in [0.15, 0.2) is 71.6 Å². The molecule has 0 aromatic heterocycles. The van der Waals surface area contributed by atoms with Crippen LogP contribution in [-0.4, -0.2) is 44.4 Å². The third-order valence-electron chi connectivity index (χ3n) is 5.97. The maximum atomic E-state index is 13.3. The third kappa shape index (κ3) is 4.49. The lowest BCUT2D eigenvalue weighted by Crippen LogP contribution is -2.41. The van der Waals surface area contributed by atoms with Crippen LogP contribution >= 0.6 is 11.6 Å². The van der Waals surface area contributed by atoms with Crippen molar-refractivity contribution in [2.24, 2.45) is 0 Å². The number of fused-ring (bicyclic) bond motifs is 2. The Kier molecular flexibility index (Phi) is 6.20. The molecular formula is C25H23ClN2O5S. The number of amides is 1. The van der Waals surface area contributed by atoms with Crippen LogP contribution in [0.4, 0.5) is 0 Å². The Balaban J connectivity index is 1.29. The van der Waals surface area contributed by atoms with Crippen molar-refractivity contribution in [2.45, 2.75) is 24.0 Å². The second-order valence-corrected chi connectivity index (χ2v) is 10.6. The van der Waals surface area contributed by atoms with Crippen molar-refractivity contribution in [1.82, 2.24) is 9.62 Å². The van der Waals surface area contributed by atoms with Gasteiger partial charge in [-0.1, -0.05) is 48.0 Å². The number of benzene rings is 3.